The highest BCUT2D eigenvalue weighted by Gasteiger charge is 2.20. The Hall–Kier alpha value is -2.08. The lowest BCUT2D eigenvalue weighted by Gasteiger charge is -2.19. The molecule has 0 radical (unpaired) electrons. The maximum absolute atomic E-state index is 12.3. The van der Waals surface area contributed by atoms with Crippen molar-refractivity contribution in [2.45, 2.75) is 26.8 Å². The number of carbonyl (C=O) groups is 1. The SMILES string of the molecule is CCN(CC)CCNC(=O)C(C)n1c(=O)oc2ccccc21. The number of carbonyl (C=O) groups excluding carboxylic acids is 1. The van der Waals surface area contributed by atoms with Crippen molar-refractivity contribution in [1.82, 2.24) is 14.8 Å². The molecule has 0 saturated carbocycles. The van der Waals surface area contributed by atoms with Crippen LogP contribution in [-0.2, 0) is 4.79 Å². The van der Waals surface area contributed by atoms with Gasteiger partial charge in [-0.05, 0) is 32.1 Å². The van der Waals surface area contributed by atoms with Gasteiger partial charge in [0.25, 0.3) is 0 Å². The molecule has 2 aromatic rings. The van der Waals surface area contributed by atoms with E-state index in [0.29, 0.717) is 17.6 Å². The van der Waals surface area contributed by atoms with Gasteiger partial charge in [0.2, 0.25) is 5.91 Å². The molecule has 6 heteroatoms. The van der Waals surface area contributed by atoms with E-state index in [4.69, 9.17) is 4.42 Å². The van der Waals surface area contributed by atoms with Gasteiger partial charge in [0.15, 0.2) is 5.58 Å². The Morgan fingerprint density at radius 2 is 2.00 bits per heavy atom. The summed E-state index contributed by atoms with van der Waals surface area (Å²) in [5.41, 5.74) is 1.13. The van der Waals surface area contributed by atoms with Crippen LogP contribution in [0.15, 0.2) is 33.5 Å². The van der Waals surface area contributed by atoms with Gasteiger partial charge >= 0.3 is 5.76 Å². The van der Waals surface area contributed by atoms with Crippen molar-refractivity contribution in [1.29, 1.82) is 0 Å². The Morgan fingerprint density at radius 3 is 2.68 bits per heavy atom. The third-order valence-electron chi connectivity index (χ3n) is 3.91. The molecule has 1 heterocycles. The summed E-state index contributed by atoms with van der Waals surface area (Å²) in [6, 6.07) is 6.51. The van der Waals surface area contributed by atoms with Crippen LogP contribution in [0.1, 0.15) is 26.8 Å². The molecule has 6 nitrogen and oxygen atoms in total. The predicted octanol–water partition coefficient (Wildman–Crippen LogP) is 1.61. The molecule has 0 aliphatic carbocycles. The van der Waals surface area contributed by atoms with Gasteiger partial charge in [-0.3, -0.25) is 9.36 Å². The van der Waals surface area contributed by atoms with Crippen LogP contribution < -0.4 is 11.1 Å². The van der Waals surface area contributed by atoms with Gasteiger partial charge in [0.05, 0.1) is 5.52 Å². The Balaban J connectivity index is 2.07. The average Bonchev–Trinajstić information content (AvgIpc) is 2.86. The second kappa shape index (κ2) is 7.26. The molecule has 1 atom stereocenters. The van der Waals surface area contributed by atoms with E-state index in [1.165, 1.54) is 4.57 Å². The maximum atomic E-state index is 12.3. The molecule has 1 amide bonds. The molecule has 0 bridgehead atoms. The lowest BCUT2D eigenvalue weighted by Crippen LogP contribution is -2.39. The molecule has 2 rings (SSSR count). The molecule has 1 aromatic carbocycles. The number of nitrogens with zero attached hydrogens (tertiary/aromatic N) is 2. The first-order valence-corrected chi connectivity index (χ1v) is 7.68. The predicted molar refractivity (Wildman–Crippen MR) is 86.0 cm³/mol. The van der Waals surface area contributed by atoms with E-state index in [2.05, 4.69) is 24.1 Å². The minimum Gasteiger partial charge on any atom is -0.408 e. The fourth-order valence-corrected chi connectivity index (χ4v) is 2.49. The molecule has 0 aliphatic heterocycles. The summed E-state index contributed by atoms with van der Waals surface area (Å²) in [5.74, 6) is -0.687. The van der Waals surface area contributed by atoms with E-state index in [-0.39, 0.29) is 5.91 Å². The highest BCUT2D eigenvalue weighted by atomic mass is 16.4. The fourth-order valence-electron chi connectivity index (χ4n) is 2.49. The lowest BCUT2D eigenvalue weighted by molar-refractivity contribution is -0.123. The fraction of sp³-hybridized carbons (Fsp3) is 0.500. The minimum absolute atomic E-state index is 0.180. The Kier molecular flexibility index (Phi) is 5.38. The summed E-state index contributed by atoms with van der Waals surface area (Å²) >= 11 is 0. The first-order valence-electron chi connectivity index (χ1n) is 7.68. The van der Waals surface area contributed by atoms with Crippen molar-refractivity contribution >= 4 is 17.0 Å². The van der Waals surface area contributed by atoms with Crippen LogP contribution in [0.5, 0.6) is 0 Å². The van der Waals surface area contributed by atoms with Crippen LogP contribution in [0.2, 0.25) is 0 Å². The van der Waals surface area contributed by atoms with Crippen LogP contribution in [0, 0.1) is 0 Å². The molecule has 0 aliphatic rings. The van der Waals surface area contributed by atoms with Crippen LogP contribution in [0.3, 0.4) is 0 Å². The number of nitrogens with one attached hydrogen (secondary N) is 1. The number of fused-ring (bicyclic) bond motifs is 1. The standard InChI is InChI=1S/C16H23N3O3/c1-4-18(5-2)11-10-17-15(20)12(3)19-13-8-6-7-9-14(13)22-16(19)21/h6-9,12H,4-5,10-11H2,1-3H3,(H,17,20). The van der Waals surface area contributed by atoms with Crippen LogP contribution in [-0.4, -0.2) is 41.6 Å². The van der Waals surface area contributed by atoms with Gasteiger partial charge in [-0.2, -0.15) is 0 Å². The summed E-state index contributed by atoms with van der Waals surface area (Å²) in [7, 11) is 0. The zero-order valence-corrected chi connectivity index (χ0v) is 13.3. The summed E-state index contributed by atoms with van der Waals surface area (Å²) in [5, 5.41) is 2.88. The van der Waals surface area contributed by atoms with E-state index in [9.17, 15) is 9.59 Å². The number of rotatable bonds is 7. The van der Waals surface area contributed by atoms with E-state index in [1.54, 1.807) is 25.1 Å². The quantitative estimate of drug-likeness (QED) is 0.844. The molecule has 120 valence electrons. The molecule has 0 spiro atoms. The average molecular weight is 305 g/mol. The molecule has 1 aromatic heterocycles. The van der Waals surface area contributed by atoms with Gasteiger partial charge in [-0.1, -0.05) is 26.0 Å². The summed E-state index contributed by atoms with van der Waals surface area (Å²) in [4.78, 5) is 26.5. The van der Waals surface area contributed by atoms with Gasteiger partial charge in [0, 0.05) is 13.1 Å². The topological polar surface area (TPSA) is 67.5 Å². The number of benzene rings is 1. The van der Waals surface area contributed by atoms with Crippen molar-refractivity contribution in [2.24, 2.45) is 0 Å². The van der Waals surface area contributed by atoms with Crippen LogP contribution in [0.4, 0.5) is 0 Å². The lowest BCUT2D eigenvalue weighted by atomic mass is 10.2. The number of likely N-dealkylation sites (N-methyl/N-ethyl adjacent to an activating group) is 1. The molecule has 22 heavy (non-hydrogen) atoms. The number of hydrogen-bond donors (Lipinski definition) is 1. The smallest absolute Gasteiger partial charge is 0.408 e. The largest absolute Gasteiger partial charge is 0.420 e. The van der Waals surface area contributed by atoms with Crippen molar-refractivity contribution in [3.63, 3.8) is 0 Å². The maximum Gasteiger partial charge on any atom is 0.420 e. The first kappa shape index (κ1) is 16.3. The summed E-state index contributed by atoms with van der Waals surface area (Å²) in [6.45, 7) is 9.15. The zero-order chi connectivity index (χ0) is 16.1. The highest BCUT2D eigenvalue weighted by Crippen LogP contribution is 2.16. The van der Waals surface area contributed by atoms with Crippen molar-refractivity contribution in [2.75, 3.05) is 26.2 Å². The van der Waals surface area contributed by atoms with E-state index in [0.717, 1.165) is 19.6 Å². The third kappa shape index (κ3) is 3.39. The second-order valence-electron chi connectivity index (χ2n) is 5.20. The number of aromatic nitrogens is 1. The minimum atomic E-state index is -0.604. The van der Waals surface area contributed by atoms with Crippen molar-refractivity contribution in [3.8, 4) is 0 Å². The van der Waals surface area contributed by atoms with Gasteiger partial charge < -0.3 is 14.6 Å². The van der Waals surface area contributed by atoms with Crippen LogP contribution >= 0.6 is 0 Å². The van der Waals surface area contributed by atoms with Gasteiger partial charge in [-0.15, -0.1) is 0 Å². The highest BCUT2D eigenvalue weighted by molar-refractivity contribution is 5.82. The first-order chi connectivity index (χ1) is 10.6. The number of amides is 1. The van der Waals surface area contributed by atoms with E-state index < -0.39 is 11.8 Å². The third-order valence-corrected chi connectivity index (χ3v) is 3.91. The molecule has 0 fully saturated rings. The summed E-state index contributed by atoms with van der Waals surface area (Å²) in [6.07, 6.45) is 0. The molecule has 1 N–H and O–H groups in total. The molecule has 0 saturated heterocycles. The van der Waals surface area contributed by atoms with E-state index >= 15 is 0 Å². The van der Waals surface area contributed by atoms with Crippen molar-refractivity contribution in [3.05, 3.63) is 34.8 Å². The Morgan fingerprint density at radius 1 is 1.32 bits per heavy atom. The monoisotopic (exact) mass is 305 g/mol. The number of hydrogen-bond acceptors (Lipinski definition) is 4. The van der Waals surface area contributed by atoms with Gasteiger partial charge in [-0.25, -0.2) is 4.79 Å². The van der Waals surface area contributed by atoms with Crippen molar-refractivity contribution < 1.29 is 9.21 Å². The Labute approximate surface area is 129 Å². The molecular weight excluding hydrogens is 282 g/mol. The number of para-hydroxylation sites is 2. The normalized spacial score (nSPS) is 12.7. The molecule has 1 unspecified atom stereocenters. The van der Waals surface area contributed by atoms with Crippen LogP contribution in [0.25, 0.3) is 11.1 Å². The second-order valence-corrected chi connectivity index (χ2v) is 5.20. The summed E-state index contributed by atoms with van der Waals surface area (Å²) < 4.78 is 6.56. The zero-order valence-electron chi connectivity index (χ0n) is 13.3. The molecular formula is C16H23N3O3. The number of oxazole rings is 1. The van der Waals surface area contributed by atoms with E-state index in [1.807, 2.05) is 6.07 Å². The Bertz CT molecular complexity index is 685. The van der Waals surface area contributed by atoms with Gasteiger partial charge in [0.1, 0.15) is 6.04 Å².